The third kappa shape index (κ3) is 4.66. The lowest BCUT2D eigenvalue weighted by molar-refractivity contribution is -0.148. The van der Waals surface area contributed by atoms with Gasteiger partial charge in [0, 0.05) is 12.6 Å². The van der Waals surface area contributed by atoms with Gasteiger partial charge in [0.25, 0.3) is 5.91 Å². The molecule has 8 nitrogen and oxygen atoms in total. The predicted octanol–water partition coefficient (Wildman–Crippen LogP) is 2.51. The zero-order valence-corrected chi connectivity index (χ0v) is 16.9. The summed E-state index contributed by atoms with van der Waals surface area (Å²) in [6, 6.07) is 2.51. The molecule has 1 aliphatic carbocycles. The topological polar surface area (TPSA) is 118 Å². The highest BCUT2D eigenvalue weighted by molar-refractivity contribution is 6.05. The number of aromatic nitrogens is 1. The van der Waals surface area contributed by atoms with E-state index in [0.29, 0.717) is 17.3 Å². The quantitative estimate of drug-likeness (QED) is 0.635. The number of halogens is 1. The molecule has 1 aromatic rings. The Labute approximate surface area is 173 Å². The van der Waals surface area contributed by atoms with Gasteiger partial charge in [-0.05, 0) is 42.9 Å². The molecule has 1 fully saturated rings. The molecule has 2 unspecified atom stereocenters. The number of carboxylic acid groups (broad SMARTS) is 1. The molecule has 1 aliphatic heterocycles. The molecule has 9 heteroatoms. The zero-order chi connectivity index (χ0) is 21.7. The highest BCUT2D eigenvalue weighted by Crippen LogP contribution is 2.35. The third-order valence-electron chi connectivity index (χ3n) is 5.88. The molecule has 2 aliphatic rings. The fourth-order valence-corrected chi connectivity index (χ4v) is 4.01. The molecular formula is C21H26FN3O5. The van der Waals surface area contributed by atoms with Crippen LogP contribution in [0.5, 0.6) is 0 Å². The van der Waals surface area contributed by atoms with Crippen molar-refractivity contribution in [2.75, 3.05) is 6.67 Å². The van der Waals surface area contributed by atoms with Crippen LogP contribution in [0.2, 0.25) is 0 Å². The van der Waals surface area contributed by atoms with Crippen LogP contribution in [-0.4, -0.2) is 51.8 Å². The second kappa shape index (κ2) is 9.32. The number of hydrogen-bond acceptors (Lipinski definition) is 6. The molecule has 1 amide bonds. The Morgan fingerprint density at radius 2 is 2.10 bits per heavy atom. The van der Waals surface area contributed by atoms with Gasteiger partial charge in [-0.3, -0.25) is 19.4 Å². The number of ketones is 1. The molecule has 1 aromatic heterocycles. The van der Waals surface area contributed by atoms with Crippen LogP contribution in [0.3, 0.4) is 0 Å². The number of oxime groups is 1. The van der Waals surface area contributed by atoms with Gasteiger partial charge in [0.15, 0.2) is 5.78 Å². The van der Waals surface area contributed by atoms with Crippen molar-refractivity contribution in [3.8, 4) is 0 Å². The highest BCUT2D eigenvalue weighted by Gasteiger charge is 2.46. The Kier molecular flexibility index (Phi) is 6.79. The monoisotopic (exact) mass is 419 g/mol. The first kappa shape index (κ1) is 21.9. The molecule has 0 saturated heterocycles. The minimum absolute atomic E-state index is 0.125. The Hall–Kier alpha value is -2.84. The van der Waals surface area contributed by atoms with Crippen molar-refractivity contribution in [3.05, 3.63) is 29.6 Å². The van der Waals surface area contributed by atoms with Crippen molar-refractivity contribution >= 4 is 23.4 Å². The molecule has 0 aromatic carbocycles. The molecule has 2 N–H and O–H groups in total. The Bertz CT molecular complexity index is 853. The van der Waals surface area contributed by atoms with Crippen LogP contribution in [0.4, 0.5) is 4.39 Å². The van der Waals surface area contributed by atoms with Gasteiger partial charge >= 0.3 is 5.97 Å². The van der Waals surface area contributed by atoms with Gasteiger partial charge < -0.3 is 15.3 Å². The molecule has 162 valence electrons. The van der Waals surface area contributed by atoms with Crippen LogP contribution in [0.15, 0.2) is 23.5 Å². The number of carbonyl (C=O) groups is 3. The lowest BCUT2D eigenvalue weighted by atomic mass is 9.90. The number of nitrogens with one attached hydrogen (secondary N) is 1. The largest absolute Gasteiger partial charge is 0.481 e. The van der Waals surface area contributed by atoms with Crippen molar-refractivity contribution in [1.82, 2.24) is 10.3 Å². The first-order valence-corrected chi connectivity index (χ1v) is 10.2. The number of amides is 1. The number of hydrogen-bond donors (Lipinski definition) is 2. The molecule has 3 rings (SSSR count). The summed E-state index contributed by atoms with van der Waals surface area (Å²) in [4.78, 5) is 45.4. The van der Waals surface area contributed by atoms with E-state index in [1.807, 2.05) is 12.1 Å². The smallest absolute Gasteiger partial charge is 0.305 e. The predicted molar refractivity (Wildman–Crippen MR) is 106 cm³/mol. The third-order valence-corrected chi connectivity index (χ3v) is 5.88. The van der Waals surface area contributed by atoms with Gasteiger partial charge in [-0.15, -0.1) is 0 Å². The number of carbonyl (C=O) groups excluding carboxylic acids is 2. The second-order valence-corrected chi connectivity index (χ2v) is 7.83. The number of rotatable bonds is 9. The average Bonchev–Trinajstić information content (AvgIpc) is 3.43. The summed E-state index contributed by atoms with van der Waals surface area (Å²) in [5, 5.41) is 15.3. The minimum atomic E-state index is -1.46. The average molecular weight is 419 g/mol. The molecule has 30 heavy (non-hydrogen) atoms. The van der Waals surface area contributed by atoms with Crippen LogP contribution in [0, 0.1) is 0 Å². The van der Waals surface area contributed by atoms with Crippen molar-refractivity contribution in [1.29, 1.82) is 0 Å². The first-order chi connectivity index (χ1) is 14.4. The maximum absolute atomic E-state index is 12.9. The molecule has 0 spiro atoms. The van der Waals surface area contributed by atoms with E-state index in [4.69, 9.17) is 9.94 Å². The summed E-state index contributed by atoms with van der Waals surface area (Å²) in [7, 11) is 0. The van der Waals surface area contributed by atoms with Crippen LogP contribution in [0.25, 0.3) is 0 Å². The fraction of sp³-hybridized carbons (Fsp3) is 0.571. The Morgan fingerprint density at radius 3 is 2.73 bits per heavy atom. The van der Waals surface area contributed by atoms with Gasteiger partial charge in [0.05, 0.1) is 12.1 Å². The minimum Gasteiger partial charge on any atom is -0.481 e. The second-order valence-electron chi connectivity index (χ2n) is 7.83. The summed E-state index contributed by atoms with van der Waals surface area (Å²) in [6.45, 7) is 0.363. The summed E-state index contributed by atoms with van der Waals surface area (Å²) in [5.41, 5.74) is 0.935. The molecule has 2 heterocycles. The van der Waals surface area contributed by atoms with Gasteiger partial charge in [0.1, 0.15) is 18.4 Å². The van der Waals surface area contributed by atoms with E-state index in [9.17, 15) is 18.8 Å². The van der Waals surface area contributed by atoms with Crippen molar-refractivity contribution in [2.24, 2.45) is 5.16 Å². The summed E-state index contributed by atoms with van der Waals surface area (Å²) < 4.78 is 12.8. The summed E-state index contributed by atoms with van der Waals surface area (Å²) in [5.74, 6) is -2.51. The number of Topliss-reactive ketones (excluding diaryl/α,β-unsaturated/α-hetero) is 1. The number of alkyl halides is 1. The number of pyridine rings is 1. The maximum atomic E-state index is 12.9. The van der Waals surface area contributed by atoms with Crippen LogP contribution in [-0.2, 0) is 19.2 Å². The normalized spacial score (nSPS) is 22.3. The lowest BCUT2D eigenvalue weighted by Crippen LogP contribution is -2.53. The van der Waals surface area contributed by atoms with Crippen LogP contribution in [0.1, 0.15) is 69.0 Å². The van der Waals surface area contributed by atoms with Gasteiger partial charge in [-0.1, -0.05) is 24.9 Å². The number of aliphatic carboxylic acids is 1. The van der Waals surface area contributed by atoms with Crippen molar-refractivity contribution in [2.45, 2.75) is 69.4 Å². The van der Waals surface area contributed by atoms with Crippen LogP contribution < -0.4 is 5.32 Å². The van der Waals surface area contributed by atoms with Crippen molar-refractivity contribution in [3.63, 3.8) is 0 Å². The maximum Gasteiger partial charge on any atom is 0.305 e. The van der Waals surface area contributed by atoms with E-state index in [1.165, 1.54) is 18.4 Å². The molecule has 0 radical (unpaired) electrons. The van der Waals surface area contributed by atoms with Gasteiger partial charge in [-0.2, -0.15) is 0 Å². The Morgan fingerprint density at radius 1 is 1.37 bits per heavy atom. The number of carboxylic acids is 1. The van der Waals surface area contributed by atoms with E-state index in [0.717, 1.165) is 12.8 Å². The summed E-state index contributed by atoms with van der Waals surface area (Å²) >= 11 is 0. The van der Waals surface area contributed by atoms with Crippen molar-refractivity contribution < 1.29 is 28.7 Å². The zero-order valence-electron chi connectivity index (χ0n) is 16.9. The molecule has 1 saturated carbocycles. The van der Waals surface area contributed by atoms with Gasteiger partial charge in [0.2, 0.25) is 5.60 Å². The van der Waals surface area contributed by atoms with E-state index in [2.05, 4.69) is 15.5 Å². The lowest BCUT2D eigenvalue weighted by Gasteiger charge is -2.26. The van der Waals surface area contributed by atoms with E-state index in [-0.39, 0.29) is 12.8 Å². The SMILES string of the molecule is CCC1(C(=O)NC(CC(=O)O)C(=O)CF)CC(c2cc(C3CCCC3)ccn2)=NO1. The summed E-state index contributed by atoms with van der Waals surface area (Å²) in [6.07, 6.45) is 6.08. The molecule has 0 bridgehead atoms. The molecule has 2 atom stereocenters. The van der Waals surface area contributed by atoms with E-state index >= 15 is 0 Å². The fourth-order valence-electron chi connectivity index (χ4n) is 4.01. The van der Waals surface area contributed by atoms with Gasteiger partial charge in [-0.25, -0.2) is 4.39 Å². The number of nitrogens with zero attached hydrogens (tertiary/aromatic N) is 2. The van der Waals surface area contributed by atoms with E-state index in [1.54, 1.807) is 13.1 Å². The highest BCUT2D eigenvalue weighted by atomic mass is 19.1. The standard InChI is InChI=1S/C21H26FN3O5/c1-2-21(20(29)24-16(10-19(27)28)18(26)12-22)11-17(25-30-21)15-9-14(7-8-23-15)13-5-3-4-6-13/h7-9,13,16H,2-6,10-12H2,1H3,(H,24,29)(H,27,28). The first-order valence-electron chi connectivity index (χ1n) is 10.2. The van der Waals surface area contributed by atoms with Crippen LogP contribution >= 0.6 is 0 Å². The molecular weight excluding hydrogens is 393 g/mol. The Balaban J connectivity index is 1.74. The van der Waals surface area contributed by atoms with E-state index < -0.39 is 42.4 Å².